The summed E-state index contributed by atoms with van der Waals surface area (Å²) in [4.78, 5) is 9.26. The van der Waals surface area contributed by atoms with Crippen molar-refractivity contribution in [1.29, 1.82) is 0 Å². The van der Waals surface area contributed by atoms with E-state index in [1.54, 1.807) is 0 Å². The van der Waals surface area contributed by atoms with Crippen molar-refractivity contribution in [3.05, 3.63) is 35.8 Å². The molecule has 0 radical (unpaired) electrons. The highest BCUT2D eigenvalue weighted by atomic mass is 127. The van der Waals surface area contributed by atoms with Gasteiger partial charge in [-0.3, -0.25) is 4.99 Å². The third kappa shape index (κ3) is 7.19. The number of hydrogen-bond donors (Lipinski definition) is 2. The molecule has 0 saturated carbocycles. The highest BCUT2D eigenvalue weighted by Crippen LogP contribution is 2.09. The molecule has 25 heavy (non-hydrogen) atoms. The first kappa shape index (κ1) is 21.7. The van der Waals surface area contributed by atoms with E-state index in [1.165, 1.54) is 5.56 Å². The Morgan fingerprint density at radius 2 is 2.16 bits per heavy atom. The number of guanidine groups is 1. The molecule has 2 heterocycles. The van der Waals surface area contributed by atoms with E-state index in [0.29, 0.717) is 0 Å². The number of aromatic nitrogens is 2. The predicted molar refractivity (Wildman–Crippen MR) is 114 cm³/mol. The van der Waals surface area contributed by atoms with Crippen LogP contribution in [-0.2, 0) is 11.2 Å². The number of nitrogens with one attached hydrogen (secondary N) is 2. The SMILES string of the molecule is CCNC(=NCCCOCC)NCCc1cn2cccc(C)c2n1.I. The summed E-state index contributed by atoms with van der Waals surface area (Å²) < 4.78 is 7.41. The van der Waals surface area contributed by atoms with Crippen molar-refractivity contribution in [3.63, 3.8) is 0 Å². The molecule has 2 aromatic heterocycles. The molecule has 0 amide bonds. The standard InChI is InChI=1S/C18H29N5O.HI/c1-4-19-18(20-10-7-13-24-5-2)21-11-9-16-14-23-12-6-8-15(3)17(23)22-16;/h6,8,12,14H,4-5,7,9-11,13H2,1-3H3,(H2,19,20,21);1H. The summed E-state index contributed by atoms with van der Waals surface area (Å²) in [5.74, 6) is 0.856. The highest BCUT2D eigenvalue weighted by Gasteiger charge is 2.04. The Bertz CT molecular complexity index is 656. The summed E-state index contributed by atoms with van der Waals surface area (Å²) in [5.41, 5.74) is 3.31. The van der Waals surface area contributed by atoms with E-state index in [4.69, 9.17) is 9.72 Å². The summed E-state index contributed by atoms with van der Waals surface area (Å²) in [6, 6.07) is 4.13. The van der Waals surface area contributed by atoms with Crippen molar-refractivity contribution in [2.24, 2.45) is 4.99 Å². The number of pyridine rings is 1. The van der Waals surface area contributed by atoms with Gasteiger partial charge in [0, 0.05) is 51.7 Å². The highest BCUT2D eigenvalue weighted by molar-refractivity contribution is 14.0. The number of aryl methyl sites for hydroxylation is 1. The topological polar surface area (TPSA) is 63.0 Å². The van der Waals surface area contributed by atoms with E-state index in [9.17, 15) is 0 Å². The molecular weight excluding hydrogens is 429 g/mol. The van der Waals surface area contributed by atoms with Crippen molar-refractivity contribution in [3.8, 4) is 0 Å². The number of fused-ring (bicyclic) bond motifs is 1. The van der Waals surface area contributed by atoms with Gasteiger partial charge in [0.05, 0.1) is 5.69 Å². The van der Waals surface area contributed by atoms with E-state index < -0.39 is 0 Å². The average Bonchev–Trinajstić information content (AvgIpc) is 2.99. The number of halogens is 1. The molecule has 0 aliphatic carbocycles. The molecule has 0 aromatic carbocycles. The number of imidazole rings is 1. The minimum Gasteiger partial charge on any atom is -0.382 e. The van der Waals surface area contributed by atoms with Crippen molar-refractivity contribution < 1.29 is 4.74 Å². The van der Waals surface area contributed by atoms with E-state index in [1.807, 2.05) is 19.2 Å². The summed E-state index contributed by atoms with van der Waals surface area (Å²) in [6.07, 6.45) is 5.94. The minimum atomic E-state index is 0. The first-order valence-electron chi connectivity index (χ1n) is 8.77. The van der Waals surface area contributed by atoms with Crippen LogP contribution in [0.5, 0.6) is 0 Å². The first-order chi connectivity index (χ1) is 11.7. The second kappa shape index (κ2) is 12.1. The zero-order valence-electron chi connectivity index (χ0n) is 15.4. The van der Waals surface area contributed by atoms with Crippen molar-refractivity contribution in [2.75, 3.05) is 32.8 Å². The van der Waals surface area contributed by atoms with Gasteiger partial charge in [-0.2, -0.15) is 0 Å². The van der Waals surface area contributed by atoms with Gasteiger partial charge in [-0.15, -0.1) is 24.0 Å². The van der Waals surface area contributed by atoms with Gasteiger partial charge in [-0.05, 0) is 38.8 Å². The van der Waals surface area contributed by atoms with E-state index in [-0.39, 0.29) is 24.0 Å². The zero-order valence-corrected chi connectivity index (χ0v) is 17.7. The maximum absolute atomic E-state index is 5.33. The quantitative estimate of drug-likeness (QED) is 0.262. The maximum atomic E-state index is 5.33. The molecule has 7 heteroatoms. The van der Waals surface area contributed by atoms with Gasteiger partial charge in [0.15, 0.2) is 5.96 Å². The Morgan fingerprint density at radius 3 is 2.88 bits per heavy atom. The van der Waals surface area contributed by atoms with Crippen LogP contribution >= 0.6 is 24.0 Å². The molecule has 0 spiro atoms. The Morgan fingerprint density at radius 1 is 1.32 bits per heavy atom. The lowest BCUT2D eigenvalue weighted by molar-refractivity contribution is 0.146. The van der Waals surface area contributed by atoms with Gasteiger partial charge in [0.25, 0.3) is 0 Å². The van der Waals surface area contributed by atoms with Gasteiger partial charge in [-0.1, -0.05) is 6.07 Å². The van der Waals surface area contributed by atoms with Gasteiger partial charge in [0.1, 0.15) is 5.65 Å². The molecule has 2 N–H and O–H groups in total. The fraction of sp³-hybridized carbons (Fsp3) is 0.556. The van der Waals surface area contributed by atoms with Crippen molar-refractivity contribution in [2.45, 2.75) is 33.6 Å². The monoisotopic (exact) mass is 459 g/mol. The molecule has 0 bridgehead atoms. The number of rotatable bonds is 9. The largest absolute Gasteiger partial charge is 0.382 e. The second-order valence-corrected chi connectivity index (χ2v) is 5.64. The van der Waals surface area contributed by atoms with Gasteiger partial charge in [-0.25, -0.2) is 4.98 Å². The minimum absolute atomic E-state index is 0. The number of aliphatic imine (C=N–C) groups is 1. The lowest BCUT2D eigenvalue weighted by Crippen LogP contribution is -2.38. The van der Waals surface area contributed by atoms with E-state index in [0.717, 1.165) is 63.0 Å². The Labute approximate surface area is 167 Å². The summed E-state index contributed by atoms with van der Waals surface area (Å²) in [5, 5.41) is 6.64. The third-order valence-electron chi connectivity index (χ3n) is 3.67. The maximum Gasteiger partial charge on any atom is 0.191 e. The van der Waals surface area contributed by atoms with Crippen LogP contribution in [-0.4, -0.2) is 48.2 Å². The van der Waals surface area contributed by atoms with E-state index >= 15 is 0 Å². The number of hydrogen-bond acceptors (Lipinski definition) is 3. The summed E-state index contributed by atoms with van der Waals surface area (Å²) in [7, 11) is 0. The Balaban J connectivity index is 0.00000312. The molecule has 0 saturated heterocycles. The number of nitrogens with zero attached hydrogens (tertiary/aromatic N) is 3. The number of ether oxygens (including phenoxy) is 1. The third-order valence-corrected chi connectivity index (χ3v) is 3.67. The van der Waals surface area contributed by atoms with Gasteiger partial charge in [0.2, 0.25) is 0 Å². The molecule has 0 atom stereocenters. The lowest BCUT2D eigenvalue weighted by Gasteiger charge is -2.10. The molecule has 6 nitrogen and oxygen atoms in total. The van der Waals surface area contributed by atoms with Crippen LogP contribution < -0.4 is 10.6 Å². The van der Waals surface area contributed by atoms with Crippen LogP contribution in [0, 0.1) is 6.92 Å². The first-order valence-corrected chi connectivity index (χ1v) is 8.77. The second-order valence-electron chi connectivity index (χ2n) is 5.64. The van der Waals surface area contributed by atoms with Crippen LogP contribution in [0.3, 0.4) is 0 Å². The van der Waals surface area contributed by atoms with Crippen molar-refractivity contribution >= 4 is 35.6 Å². The Hall–Kier alpha value is -1.35. The molecule has 2 aromatic rings. The van der Waals surface area contributed by atoms with Gasteiger partial charge < -0.3 is 19.8 Å². The molecule has 0 unspecified atom stereocenters. The smallest absolute Gasteiger partial charge is 0.191 e. The average molecular weight is 459 g/mol. The van der Waals surface area contributed by atoms with E-state index in [2.05, 4.69) is 46.1 Å². The van der Waals surface area contributed by atoms with Crippen LogP contribution in [0.1, 0.15) is 31.5 Å². The lowest BCUT2D eigenvalue weighted by atomic mass is 10.3. The molecule has 0 fully saturated rings. The van der Waals surface area contributed by atoms with Crippen LogP contribution in [0.4, 0.5) is 0 Å². The van der Waals surface area contributed by atoms with Crippen LogP contribution in [0.25, 0.3) is 5.65 Å². The fourth-order valence-electron chi connectivity index (χ4n) is 2.48. The molecule has 2 rings (SSSR count). The van der Waals surface area contributed by atoms with Crippen LogP contribution in [0.15, 0.2) is 29.5 Å². The molecular formula is C18H30IN5O. The fourth-order valence-corrected chi connectivity index (χ4v) is 2.48. The molecule has 140 valence electrons. The normalized spacial score (nSPS) is 11.4. The van der Waals surface area contributed by atoms with Crippen LogP contribution in [0.2, 0.25) is 0 Å². The molecule has 0 aliphatic heterocycles. The predicted octanol–water partition coefficient (Wildman–Crippen LogP) is 2.78. The van der Waals surface area contributed by atoms with Crippen molar-refractivity contribution in [1.82, 2.24) is 20.0 Å². The Kier molecular flexibility index (Phi) is 10.5. The summed E-state index contributed by atoms with van der Waals surface area (Å²) >= 11 is 0. The summed E-state index contributed by atoms with van der Waals surface area (Å²) in [6.45, 7) is 10.1. The van der Waals surface area contributed by atoms with Gasteiger partial charge >= 0.3 is 0 Å². The molecule has 0 aliphatic rings. The zero-order chi connectivity index (χ0) is 17.2.